The smallest absolute Gasteiger partial charge is 0.00678 e. The standard InChI is InChI=1S/C13H10/c1-3-7-12(8-4-1)11-13-9-5-2-6-10-13/h1-5,7-9H,11H2. The van der Waals surface area contributed by atoms with E-state index in [9.17, 15) is 0 Å². The molecule has 1 aliphatic carbocycles. The van der Waals surface area contributed by atoms with Crippen molar-refractivity contribution in [2.24, 2.45) is 0 Å². The topological polar surface area (TPSA) is 0 Å². The predicted octanol–water partition coefficient (Wildman–Crippen LogP) is 3.04. The zero-order valence-electron chi connectivity index (χ0n) is 7.33. The van der Waals surface area contributed by atoms with Gasteiger partial charge in [0.25, 0.3) is 0 Å². The van der Waals surface area contributed by atoms with Gasteiger partial charge in [0, 0.05) is 12.0 Å². The van der Waals surface area contributed by atoms with Crippen molar-refractivity contribution in [3.05, 3.63) is 71.2 Å². The van der Waals surface area contributed by atoms with Crippen LogP contribution in [0.25, 0.3) is 0 Å². The zero-order chi connectivity index (χ0) is 8.93. The quantitative estimate of drug-likeness (QED) is 0.592. The molecule has 0 saturated carbocycles. The van der Waals surface area contributed by atoms with Crippen LogP contribution in [0.5, 0.6) is 0 Å². The van der Waals surface area contributed by atoms with E-state index in [1.807, 2.05) is 18.2 Å². The molecule has 0 fully saturated rings. The molecule has 62 valence electrons. The fraction of sp³-hybridized carbons (Fsp3) is 0.0769. The molecular weight excluding hydrogens is 156 g/mol. The number of benzene rings is 1. The monoisotopic (exact) mass is 166 g/mol. The molecule has 0 radical (unpaired) electrons. The lowest BCUT2D eigenvalue weighted by Crippen LogP contribution is -1.86. The Morgan fingerprint density at radius 2 is 1.92 bits per heavy atom. The Labute approximate surface area is 78.2 Å². The average molecular weight is 166 g/mol. The van der Waals surface area contributed by atoms with E-state index in [1.165, 1.54) is 11.1 Å². The lowest BCUT2D eigenvalue weighted by atomic mass is 10.0. The Morgan fingerprint density at radius 3 is 2.62 bits per heavy atom. The summed E-state index contributed by atoms with van der Waals surface area (Å²) < 4.78 is 0. The van der Waals surface area contributed by atoms with Gasteiger partial charge in [0.2, 0.25) is 0 Å². The molecule has 0 unspecified atom stereocenters. The maximum absolute atomic E-state index is 3.09. The highest BCUT2D eigenvalue weighted by atomic mass is 14.0. The van der Waals surface area contributed by atoms with Gasteiger partial charge < -0.3 is 0 Å². The SMILES string of the molecule is C1=C=C(Cc2ccccc2)C=CC=1. The second-order valence-corrected chi connectivity index (χ2v) is 2.98. The Morgan fingerprint density at radius 1 is 1.08 bits per heavy atom. The predicted molar refractivity (Wildman–Crippen MR) is 54.4 cm³/mol. The molecule has 0 aromatic heterocycles. The second-order valence-electron chi connectivity index (χ2n) is 2.98. The highest BCUT2D eigenvalue weighted by Crippen LogP contribution is 2.08. The Balaban J connectivity index is 2.20. The largest absolute Gasteiger partial charge is 0.0699 e. The van der Waals surface area contributed by atoms with Gasteiger partial charge in [-0.1, -0.05) is 47.9 Å². The van der Waals surface area contributed by atoms with Crippen LogP contribution >= 0.6 is 0 Å². The molecule has 1 aliphatic rings. The maximum atomic E-state index is 3.09. The highest BCUT2D eigenvalue weighted by Gasteiger charge is 1.95. The summed E-state index contributed by atoms with van der Waals surface area (Å²) in [5.41, 5.74) is 8.55. The molecule has 0 aliphatic heterocycles. The summed E-state index contributed by atoms with van der Waals surface area (Å²) in [5, 5.41) is 0. The normalized spacial score (nSPS) is 13.1. The van der Waals surface area contributed by atoms with Crippen LogP contribution in [-0.4, -0.2) is 0 Å². The first kappa shape index (κ1) is 7.89. The van der Waals surface area contributed by atoms with Gasteiger partial charge in [-0.05, 0) is 17.7 Å². The van der Waals surface area contributed by atoms with Gasteiger partial charge in [-0.25, -0.2) is 0 Å². The van der Waals surface area contributed by atoms with Crippen molar-refractivity contribution >= 4 is 0 Å². The first-order valence-electron chi connectivity index (χ1n) is 4.36. The van der Waals surface area contributed by atoms with Crippen molar-refractivity contribution in [1.82, 2.24) is 0 Å². The summed E-state index contributed by atoms with van der Waals surface area (Å²) in [5.74, 6) is 0. The van der Waals surface area contributed by atoms with Gasteiger partial charge in [0.05, 0.1) is 0 Å². The molecule has 0 N–H and O–H groups in total. The number of hydrogen-bond donors (Lipinski definition) is 0. The van der Waals surface area contributed by atoms with Gasteiger partial charge in [-0.3, -0.25) is 0 Å². The van der Waals surface area contributed by atoms with Crippen LogP contribution in [0, 0.1) is 0 Å². The molecule has 0 amide bonds. The minimum atomic E-state index is 0.943. The van der Waals surface area contributed by atoms with Gasteiger partial charge in [0.1, 0.15) is 0 Å². The van der Waals surface area contributed by atoms with E-state index >= 15 is 0 Å². The van der Waals surface area contributed by atoms with Crippen molar-refractivity contribution in [2.75, 3.05) is 0 Å². The summed E-state index contributed by atoms with van der Waals surface area (Å²) in [6, 6.07) is 10.4. The summed E-state index contributed by atoms with van der Waals surface area (Å²) in [6.45, 7) is 0. The Kier molecular flexibility index (Phi) is 2.29. The summed E-state index contributed by atoms with van der Waals surface area (Å²) >= 11 is 0. The summed E-state index contributed by atoms with van der Waals surface area (Å²) in [4.78, 5) is 0. The molecule has 0 spiro atoms. The number of hydrogen-bond acceptors (Lipinski definition) is 0. The molecule has 1 aromatic carbocycles. The van der Waals surface area contributed by atoms with Crippen LogP contribution in [0.15, 0.2) is 65.6 Å². The third kappa shape index (κ3) is 2.10. The van der Waals surface area contributed by atoms with Crippen LogP contribution in [0.4, 0.5) is 0 Å². The van der Waals surface area contributed by atoms with E-state index in [0.717, 1.165) is 6.42 Å². The van der Waals surface area contributed by atoms with Crippen molar-refractivity contribution < 1.29 is 0 Å². The molecule has 0 nitrogen and oxygen atoms in total. The van der Waals surface area contributed by atoms with E-state index in [1.54, 1.807) is 0 Å². The number of allylic oxidation sites excluding steroid dienone is 4. The third-order valence-corrected chi connectivity index (χ3v) is 1.95. The van der Waals surface area contributed by atoms with Gasteiger partial charge >= 0.3 is 0 Å². The molecule has 0 heteroatoms. The molecule has 0 saturated heterocycles. The molecule has 0 heterocycles. The fourth-order valence-electron chi connectivity index (χ4n) is 1.31. The molecule has 2 rings (SSSR count). The van der Waals surface area contributed by atoms with E-state index in [-0.39, 0.29) is 0 Å². The molecule has 1 aromatic rings. The van der Waals surface area contributed by atoms with Crippen LogP contribution in [-0.2, 0) is 6.42 Å². The van der Waals surface area contributed by atoms with Crippen molar-refractivity contribution in [3.8, 4) is 0 Å². The summed E-state index contributed by atoms with van der Waals surface area (Å²) in [6.07, 6.45) is 6.88. The fourth-order valence-corrected chi connectivity index (χ4v) is 1.31. The van der Waals surface area contributed by atoms with Gasteiger partial charge in [-0.2, -0.15) is 0 Å². The molecule has 0 atom stereocenters. The number of rotatable bonds is 2. The zero-order valence-corrected chi connectivity index (χ0v) is 7.33. The van der Waals surface area contributed by atoms with Gasteiger partial charge in [-0.15, -0.1) is 0 Å². The first-order valence-corrected chi connectivity index (χ1v) is 4.36. The van der Waals surface area contributed by atoms with Crippen LogP contribution in [0.1, 0.15) is 5.56 Å². The van der Waals surface area contributed by atoms with E-state index in [0.29, 0.717) is 0 Å². The first-order chi connectivity index (χ1) is 6.45. The second kappa shape index (κ2) is 3.78. The van der Waals surface area contributed by atoms with E-state index in [2.05, 4.69) is 41.8 Å². The minimum absolute atomic E-state index is 0.943. The van der Waals surface area contributed by atoms with Crippen LogP contribution in [0.2, 0.25) is 0 Å². The van der Waals surface area contributed by atoms with Crippen LogP contribution in [0.3, 0.4) is 0 Å². The molecular formula is C13H10. The molecule has 0 bridgehead atoms. The Bertz CT molecular complexity index is 409. The Hall–Kier alpha value is -1.74. The third-order valence-electron chi connectivity index (χ3n) is 1.95. The van der Waals surface area contributed by atoms with Gasteiger partial charge in [0.15, 0.2) is 0 Å². The summed E-state index contributed by atoms with van der Waals surface area (Å²) in [7, 11) is 0. The lowest BCUT2D eigenvalue weighted by Gasteiger charge is -1.99. The molecule has 13 heavy (non-hydrogen) atoms. The lowest BCUT2D eigenvalue weighted by molar-refractivity contribution is 1.20. The maximum Gasteiger partial charge on any atom is 0.00678 e. The van der Waals surface area contributed by atoms with E-state index in [4.69, 9.17) is 0 Å². The highest BCUT2D eigenvalue weighted by molar-refractivity contribution is 5.31. The minimum Gasteiger partial charge on any atom is -0.0699 e. The van der Waals surface area contributed by atoms with Crippen molar-refractivity contribution in [3.63, 3.8) is 0 Å². The van der Waals surface area contributed by atoms with Crippen LogP contribution < -0.4 is 0 Å². The van der Waals surface area contributed by atoms with Crippen molar-refractivity contribution in [2.45, 2.75) is 6.42 Å². The average Bonchev–Trinajstić information content (AvgIpc) is 2.21. The van der Waals surface area contributed by atoms with E-state index < -0.39 is 0 Å². The van der Waals surface area contributed by atoms with Crippen molar-refractivity contribution in [1.29, 1.82) is 0 Å².